The first-order valence-electron chi connectivity index (χ1n) is 9.15. The molecule has 0 unspecified atom stereocenters. The fourth-order valence-electron chi connectivity index (χ4n) is 2.88. The highest BCUT2D eigenvalue weighted by atomic mass is 32.1. The number of aryl methyl sites for hydroxylation is 1. The number of hydrogen-bond donors (Lipinski definition) is 2. The zero-order valence-corrected chi connectivity index (χ0v) is 17.1. The van der Waals surface area contributed by atoms with Gasteiger partial charge in [0.2, 0.25) is 0 Å². The highest BCUT2D eigenvalue weighted by molar-refractivity contribution is 7.12. The SMILES string of the molecule is Cc1cccc(C(C)(C)CNC(=O)c2ccc(NC(=O)c3cccs3)cc2)c1. The second kappa shape index (κ2) is 8.40. The van der Waals surface area contributed by atoms with Crippen molar-refractivity contribution >= 4 is 28.8 Å². The van der Waals surface area contributed by atoms with E-state index in [1.807, 2.05) is 17.5 Å². The van der Waals surface area contributed by atoms with E-state index in [0.717, 1.165) is 0 Å². The summed E-state index contributed by atoms with van der Waals surface area (Å²) >= 11 is 1.39. The molecule has 3 rings (SSSR count). The van der Waals surface area contributed by atoms with E-state index in [1.165, 1.54) is 22.5 Å². The Labute approximate surface area is 169 Å². The smallest absolute Gasteiger partial charge is 0.265 e. The van der Waals surface area contributed by atoms with Gasteiger partial charge < -0.3 is 10.6 Å². The third-order valence-corrected chi connectivity index (χ3v) is 5.51. The Morgan fingerprint density at radius 1 is 0.964 bits per heavy atom. The summed E-state index contributed by atoms with van der Waals surface area (Å²) in [6.45, 7) is 6.83. The van der Waals surface area contributed by atoms with Gasteiger partial charge in [0.15, 0.2) is 0 Å². The average Bonchev–Trinajstić information content (AvgIpc) is 3.22. The van der Waals surface area contributed by atoms with Gasteiger partial charge in [0.05, 0.1) is 4.88 Å². The highest BCUT2D eigenvalue weighted by Crippen LogP contribution is 2.23. The molecule has 0 radical (unpaired) electrons. The predicted molar refractivity (Wildman–Crippen MR) is 115 cm³/mol. The molecule has 0 spiro atoms. The summed E-state index contributed by atoms with van der Waals surface area (Å²) in [6, 6.07) is 18.9. The van der Waals surface area contributed by atoms with Crippen LogP contribution in [0.3, 0.4) is 0 Å². The number of carbonyl (C=O) groups is 2. The Balaban J connectivity index is 1.59. The average molecular weight is 393 g/mol. The summed E-state index contributed by atoms with van der Waals surface area (Å²) < 4.78 is 0. The molecule has 28 heavy (non-hydrogen) atoms. The van der Waals surface area contributed by atoms with Crippen LogP contribution in [0.4, 0.5) is 5.69 Å². The van der Waals surface area contributed by atoms with Crippen LogP contribution in [0.15, 0.2) is 66.0 Å². The molecule has 0 bridgehead atoms. The van der Waals surface area contributed by atoms with Crippen molar-refractivity contribution in [1.82, 2.24) is 5.32 Å². The second-order valence-electron chi connectivity index (χ2n) is 7.44. The molecule has 5 heteroatoms. The molecular weight excluding hydrogens is 368 g/mol. The van der Waals surface area contributed by atoms with E-state index in [-0.39, 0.29) is 17.2 Å². The van der Waals surface area contributed by atoms with Gasteiger partial charge in [0.1, 0.15) is 0 Å². The van der Waals surface area contributed by atoms with Crippen molar-refractivity contribution in [3.8, 4) is 0 Å². The second-order valence-corrected chi connectivity index (χ2v) is 8.39. The van der Waals surface area contributed by atoms with Gasteiger partial charge >= 0.3 is 0 Å². The van der Waals surface area contributed by atoms with Crippen molar-refractivity contribution < 1.29 is 9.59 Å². The normalized spacial score (nSPS) is 11.1. The molecule has 1 heterocycles. The van der Waals surface area contributed by atoms with Crippen LogP contribution in [0.5, 0.6) is 0 Å². The van der Waals surface area contributed by atoms with Crippen LogP contribution in [0.1, 0.15) is 45.0 Å². The third-order valence-electron chi connectivity index (χ3n) is 4.64. The first kappa shape index (κ1) is 19.8. The Kier molecular flexibility index (Phi) is 5.95. The van der Waals surface area contributed by atoms with Crippen LogP contribution in [0.2, 0.25) is 0 Å². The molecule has 144 valence electrons. The highest BCUT2D eigenvalue weighted by Gasteiger charge is 2.21. The van der Waals surface area contributed by atoms with Gasteiger partial charge in [0.25, 0.3) is 11.8 Å². The summed E-state index contributed by atoms with van der Waals surface area (Å²) in [6.07, 6.45) is 0. The monoisotopic (exact) mass is 392 g/mol. The summed E-state index contributed by atoms with van der Waals surface area (Å²) in [5, 5.41) is 7.71. The van der Waals surface area contributed by atoms with Gasteiger partial charge in [-0.05, 0) is 48.2 Å². The number of anilines is 1. The Bertz CT molecular complexity index is 961. The fraction of sp³-hybridized carbons (Fsp3) is 0.217. The van der Waals surface area contributed by atoms with Crippen LogP contribution < -0.4 is 10.6 Å². The van der Waals surface area contributed by atoms with Gasteiger partial charge in [-0.15, -0.1) is 11.3 Å². The Hall–Kier alpha value is -2.92. The molecule has 0 fully saturated rings. The quantitative estimate of drug-likeness (QED) is 0.619. The molecule has 2 aromatic carbocycles. The number of thiophene rings is 1. The third kappa shape index (κ3) is 4.87. The Morgan fingerprint density at radius 2 is 1.71 bits per heavy atom. The number of hydrogen-bond acceptors (Lipinski definition) is 3. The molecule has 2 amide bonds. The number of amides is 2. The molecule has 0 aliphatic rings. The molecule has 3 aromatic rings. The van der Waals surface area contributed by atoms with Crippen molar-refractivity contribution in [3.05, 3.63) is 87.6 Å². The van der Waals surface area contributed by atoms with E-state index in [0.29, 0.717) is 22.7 Å². The first-order valence-corrected chi connectivity index (χ1v) is 10.0. The van der Waals surface area contributed by atoms with E-state index in [2.05, 4.69) is 49.6 Å². The maximum Gasteiger partial charge on any atom is 0.265 e. The molecule has 1 aromatic heterocycles. The molecule has 4 nitrogen and oxygen atoms in total. The van der Waals surface area contributed by atoms with Crippen molar-refractivity contribution in [2.45, 2.75) is 26.2 Å². The summed E-state index contributed by atoms with van der Waals surface area (Å²) in [5.74, 6) is -0.274. The molecule has 0 aliphatic heterocycles. The molecule has 0 aliphatic carbocycles. The van der Waals surface area contributed by atoms with Gasteiger partial charge in [-0.3, -0.25) is 9.59 Å². The lowest BCUT2D eigenvalue weighted by Crippen LogP contribution is -2.36. The summed E-state index contributed by atoms with van der Waals surface area (Å²) in [5.41, 5.74) is 3.46. The van der Waals surface area contributed by atoms with Gasteiger partial charge in [-0.1, -0.05) is 49.7 Å². The van der Waals surface area contributed by atoms with Crippen LogP contribution in [-0.2, 0) is 5.41 Å². The van der Waals surface area contributed by atoms with Crippen LogP contribution in [0, 0.1) is 6.92 Å². The number of nitrogens with one attached hydrogen (secondary N) is 2. The van der Waals surface area contributed by atoms with Crippen molar-refractivity contribution in [3.63, 3.8) is 0 Å². The lowest BCUT2D eigenvalue weighted by atomic mass is 9.84. The number of carbonyl (C=O) groups excluding carboxylic acids is 2. The minimum Gasteiger partial charge on any atom is -0.351 e. The van der Waals surface area contributed by atoms with Crippen molar-refractivity contribution in [2.24, 2.45) is 0 Å². The van der Waals surface area contributed by atoms with Crippen LogP contribution >= 0.6 is 11.3 Å². The predicted octanol–water partition coefficient (Wildman–Crippen LogP) is 5.02. The number of benzene rings is 2. The molecular formula is C23H24N2O2S. The standard InChI is InChI=1S/C23H24N2O2S/c1-16-6-4-7-18(14-16)23(2,3)15-24-21(26)17-9-11-19(12-10-17)25-22(27)20-8-5-13-28-20/h4-14H,15H2,1-3H3,(H,24,26)(H,25,27). The molecule has 0 saturated carbocycles. The first-order chi connectivity index (χ1) is 13.3. The van der Waals surface area contributed by atoms with E-state index in [9.17, 15) is 9.59 Å². The van der Waals surface area contributed by atoms with Gasteiger partial charge in [-0.2, -0.15) is 0 Å². The topological polar surface area (TPSA) is 58.2 Å². The lowest BCUT2D eigenvalue weighted by molar-refractivity contribution is 0.0945. The van der Waals surface area contributed by atoms with E-state index >= 15 is 0 Å². The summed E-state index contributed by atoms with van der Waals surface area (Å²) in [7, 11) is 0. The van der Waals surface area contributed by atoms with E-state index in [1.54, 1.807) is 30.3 Å². The fourth-order valence-corrected chi connectivity index (χ4v) is 3.50. The molecule has 2 N–H and O–H groups in total. The lowest BCUT2D eigenvalue weighted by Gasteiger charge is -2.26. The maximum absolute atomic E-state index is 12.5. The molecule has 0 saturated heterocycles. The minimum atomic E-state index is -0.170. The van der Waals surface area contributed by atoms with E-state index in [4.69, 9.17) is 0 Å². The largest absolute Gasteiger partial charge is 0.351 e. The number of rotatable bonds is 6. The maximum atomic E-state index is 12.5. The van der Waals surface area contributed by atoms with Crippen LogP contribution in [0.25, 0.3) is 0 Å². The van der Waals surface area contributed by atoms with Crippen LogP contribution in [-0.4, -0.2) is 18.4 Å². The Morgan fingerprint density at radius 3 is 2.36 bits per heavy atom. The van der Waals surface area contributed by atoms with E-state index < -0.39 is 0 Å². The minimum absolute atomic E-state index is 0.128. The van der Waals surface area contributed by atoms with Crippen molar-refractivity contribution in [2.75, 3.05) is 11.9 Å². The van der Waals surface area contributed by atoms with Gasteiger partial charge in [0, 0.05) is 23.2 Å². The molecule has 0 atom stereocenters. The summed E-state index contributed by atoms with van der Waals surface area (Å²) in [4.78, 5) is 25.3. The zero-order valence-electron chi connectivity index (χ0n) is 16.3. The van der Waals surface area contributed by atoms with Gasteiger partial charge in [-0.25, -0.2) is 0 Å². The zero-order chi connectivity index (χ0) is 20.1. The van der Waals surface area contributed by atoms with Crippen molar-refractivity contribution in [1.29, 1.82) is 0 Å².